The van der Waals surface area contributed by atoms with E-state index in [4.69, 9.17) is 0 Å². The van der Waals surface area contributed by atoms with Crippen LogP contribution in [0, 0.1) is 6.92 Å². The van der Waals surface area contributed by atoms with Crippen molar-refractivity contribution in [2.75, 3.05) is 18.4 Å². The SMILES string of the molecule is Cc1ccc(-c2nnc(NC3CCCN(C4CC(C)(O)C4)C3)c3ncccc23)c(O)c1. The molecule has 0 spiro atoms. The van der Waals surface area contributed by atoms with Crippen molar-refractivity contribution in [1.29, 1.82) is 0 Å². The first-order chi connectivity index (χ1) is 14.9. The van der Waals surface area contributed by atoms with Gasteiger partial charge in [0.05, 0.1) is 5.60 Å². The summed E-state index contributed by atoms with van der Waals surface area (Å²) < 4.78 is 0. The molecule has 1 unspecified atom stereocenters. The quantitative estimate of drug-likeness (QED) is 0.596. The summed E-state index contributed by atoms with van der Waals surface area (Å²) in [5.74, 6) is 0.873. The minimum Gasteiger partial charge on any atom is -0.507 e. The Balaban J connectivity index is 1.41. The molecule has 5 rings (SSSR count). The number of aromatic nitrogens is 3. The molecule has 1 aromatic carbocycles. The fourth-order valence-electron chi connectivity index (χ4n) is 4.99. The number of anilines is 1. The molecule has 1 saturated carbocycles. The molecule has 0 radical (unpaired) electrons. The molecule has 2 fully saturated rings. The third-order valence-corrected chi connectivity index (χ3v) is 6.61. The molecule has 0 amide bonds. The standard InChI is InChI=1S/C24H29N5O2/c1-15-7-8-18(20(30)11-15)21-19-6-3-9-25-22(19)23(28-27-21)26-16-5-4-10-29(14-16)17-12-24(2,31)13-17/h3,6-9,11,16-17,30-31H,4-5,10,12-14H2,1-2H3,(H,26,28). The Bertz CT molecular complexity index is 1110. The highest BCUT2D eigenvalue weighted by atomic mass is 16.3. The van der Waals surface area contributed by atoms with E-state index >= 15 is 0 Å². The number of phenols is 1. The number of pyridine rings is 1. The van der Waals surface area contributed by atoms with Crippen LogP contribution in [0.5, 0.6) is 5.75 Å². The second-order valence-electron chi connectivity index (χ2n) is 9.35. The van der Waals surface area contributed by atoms with Crippen LogP contribution in [-0.4, -0.2) is 61.1 Å². The van der Waals surface area contributed by atoms with Gasteiger partial charge in [0.1, 0.15) is 17.0 Å². The van der Waals surface area contributed by atoms with E-state index in [0.29, 0.717) is 23.1 Å². The fraction of sp³-hybridized carbons (Fsp3) is 0.458. The molecule has 2 aromatic heterocycles. The minimum atomic E-state index is -0.506. The Morgan fingerprint density at radius 3 is 2.81 bits per heavy atom. The van der Waals surface area contributed by atoms with E-state index in [1.807, 2.05) is 38.1 Å². The largest absolute Gasteiger partial charge is 0.507 e. The Morgan fingerprint density at radius 2 is 2.03 bits per heavy atom. The number of phenolic OH excluding ortho intramolecular Hbond substituents is 1. The van der Waals surface area contributed by atoms with Gasteiger partial charge in [0.25, 0.3) is 0 Å². The maximum Gasteiger partial charge on any atom is 0.175 e. The van der Waals surface area contributed by atoms with E-state index in [2.05, 4.69) is 25.4 Å². The zero-order valence-corrected chi connectivity index (χ0v) is 18.0. The number of fused-ring (bicyclic) bond motifs is 1. The molecule has 3 N–H and O–H groups in total. The Labute approximate surface area is 182 Å². The lowest BCUT2D eigenvalue weighted by atomic mass is 9.76. The lowest BCUT2D eigenvalue weighted by Crippen LogP contribution is -2.57. The fourth-order valence-corrected chi connectivity index (χ4v) is 4.99. The highest BCUT2D eigenvalue weighted by Crippen LogP contribution is 2.37. The average Bonchev–Trinajstić information content (AvgIpc) is 2.73. The van der Waals surface area contributed by atoms with Crippen LogP contribution in [0.15, 0.2) is 36.5 Å². The Kier molecular flexibility index (Phi) is 5.02. The minimum absolute atomic E-state index is 0.194. The van der Waals surface area contributed by atoms with Gasteiger partial charge in [0.2, 0.25) is 0 Å². The van der Waals surface area contributed by atoms with Gasteiger partial charge in [0.15, 0.2) is 5.82 Å². The molecule has 1 saturated heterocycles. The first-order valence-corrected chi connectivity index (χ1v) is 11.0. The van der Waals surface area contributed by atoms with Crippen molar-refractivity contribution in [2.45, 2.75) is 57.2 Å². The summed E-state index contributed by atoms with van der Waals surface area (Å²) in [5.41, 5.74) is 2.53. The number of hydrogen-bond acceptors (Lipinski definition) is 7. The first-order valence-electron chi connectivity index (χ1n) is 11.0. The zero-order chi connectivity index (χ0) is 21.6. The van der Waals surface area contributed by atoms with Crippen molar-refractivity contribution in [2.24, 2.45) is 0 Å². The van der Waals surface area contributed by atoms with E-state index < -0.39 is 5.60 Å². The predicted molar refractivity (Wildman–Crippen MR) is 121 cm³/mol. The van der Waals surface area contributed by atoms with Crippen molar-refractivity contribution in [3.8, 4) is 17.0 Å². The summed E-state index contributed by atoms with van der Waals surface area (Å²) in [4.78, 5) is 7.07. The number of aliphatic hydroxyl groups is 1. The number of aromatic hydroxyl groups is 1. The van der Waals surface area contributed by atoms with E-state index in [0.717, 1.165) is 55.2 Å². The number of nitrogens with zero attached hydrogens (tertiary/aromatic N) is 4. The second-order valence-corrected chi connectivity index (χ2v) is 9.35. The van der Waals surface area contributed by atoms with Gasteiger partial charge in [-0.25, -0.2) is 0 Å². The highest BCUT2D eigenvalue weighted by molar-refractivity contribution is 5.98. The van der Waals surface area contributed by atoms with Crippen molar-refractivity contribution in [3.63, 3.8) is 0 Å². The predicted octanol–water partition coefficient (Wildman–Crippen LogP) is 3.50. The molecular weight excluding hydrogens is 390 g/mol. The maximum atomic E-state index is 10.5. The summed E-state index contributed by atoms with van der Waals surface area (Å²) in [6.07, 6.45) is 5.63. The zero-order valence-electron chi connectivity index (χ0n) is 18.0. The van der Waals surface area contributed by atoms with Gasteiger partial charge in [-0.15, -0.1) is 10.2 Å². The van der Waals surface area contributed by atoms with Gasteiger partial charge in [-0.1, -0.05) is 6.07 Å². The molecule has 1 aliphatic heterocycles. The molecular formula is C24H29N5O2. The lowest BCUT2D eigenvalue weighted by molar-refractivity contribution is -0.0823. The smallest absolute Gasteiger partial charge is 0.175 e. The maximum absolute atomic E-state index is 10.5. The van der Waals surface area contributed by atoms with Gasteiger partial charge in [0, 0.05) is 35.8 Å². The van der Waals surface area contributed by atoms with E-state index in [9.17, 15) is 10.2 Å². The van der Waals surface area contributed by atoms with E-state index in [-0.39, 0.29) is 11.8 Å². The van der Waals surface area contributed by atoms with Gasteiger partial charge >= 0.3 is 0 Å². The number of hydrogen-bond donors (Lipinski definition) is 3. The highest BCUT2D eigenvalue weighted by Gasteiger charge is 2.42. The molecule has 2 aliphatic rings. The monoisotopic (exact) mass is 419 g/mol. The van der Waals surface area contributed by atoms with Crippen LogP contribution in [0.4, 0.5) is 5.82 Å². The van der Waals surface area contributed by atoms with Crippen molar-refractivity contribution in [3.05, 3.63) is 42.1 Å². The molecule has 1 aliphatic carbocycles. The van der Waals surface area contributed by atoms with Gasteiger partial charge in [-0.3, -0.25) is 9.88 Å². The number of aryl methyl sites for hydroxylation is 1. The third-order valence-electron chi connectivity index (χ3n) is 6.61. The van der Waals surface area contributed by atoms with Crippen LogP contribution in [0.2, 0.25) is 0 Å². The van der Waals surface area contributed by atoms with Crippen LogP contribution in [0.25, 0.3) is 22.2 Å². The number of piperidine rings is 1. The van der Waals surface area contributed by atoms with Crippen molar-refractivity contribution in [1.82, 2.24) is 20.1 Å². The number of likely N-dealkylation sites (tertiary alicyclic amines) is 1. The number of benzene rings is 1. The number of nitrogens with one attached hydrogen (secondary N) is 1. The van der Waals surface area contributed by atoms with Gasteiger partial charge in [-0.2, -0.15) is 0 Å². The molecule has 162 valence electrons. The topological polar surface area (TPSA) is 94.4 Å². The van der Waals surface area contributed by atoms with Crippen LogP contribution < -0.4 is 5.32 Å². The molecule has 31 heavy (non-hydrogen) atoms. The molecule has 3 aromatic rings. The summed E-state index contributed by atoms with van der Waals surface area (Å²) >= 11 is 0. The van der Waals surface area contributed by atoms with Crippen LogP contribution in [-0.2, 0) is 0 Å². The molecule has 7 heteroatoms. The van der Waals surface area contributed by atoms with Crippen molar-refractivity contribution < 1.29 is 10.2 Å². The van der Waals surface area contributed by atoms with Crippen molar-refractivity contribution >= 4 is 16.7 Å². The summed E-state index contributed by atoms with van der Waals surface area (Å²) in [5, 5.41) is 33.9. The van der Waals surface area contributed by atoms with Crippen LogP contribution in [0.1, 0.15) is 38.2 Å². The summed E-state index contributed by atoms with van der Waals surface area (Å²) in [6.45, 7) is 5.87. The third kappa shape index (κ3) is 3.95. The van der Waals surface area contributed by atoms with E-state index in [1.54, 1.807) is 12.3 Å². The van der Waals surface area contributed by atoms with Gasteiger partial charge < -0.3 is 15.5 Å². The van der Waals surface area contributed by atoms with E-state index in [1.165, 1.54) is 0 Å². The molecule has 3 heterocycles. The molecule has 0 bridgehead atoms. The molecule has 1 atom stereocenters. The normalized spacial score (nSPS) is 26.5. The van der Waals surface area contributed by atoms with Crippen LogP contribution in [0.3, 0.4) is 0 Å². The Hall–Kier alpha value is -2.77. The number of rotatable bonds is 4. The summed E-state index contributed by atoms with van der Waals surface area (Å²) in [7, 11) is 0. The first kappa shape index (κ1) is 20.2. The average molecular weight is 420 g/mol. The molecule has 7 nitrogen and oxygen atoms in total. The second kappa shape index (κ2) is 7.73. The van der Waals surface area contributed by atoms with Crippen LogP contribution >= 0.6 is 0 Å². The van der Waals surface area contributed by atoms with Gasteiger partial charge in [-0.05, 0) is 75.9 Å². The summed E-state index contributed by atoms with van der Waals surface area (Å²) in [6, 6.07) is 10.2. The lowest BCUT2D eigenvalue weighted by Gasteiger charge is -2.49. The Morgan fingerprint density at radius 1 is 1.19 bits per heavy atom.